The van der Waals surface area contributed by atoms with E-state index in [4.69, 9.17) is 0 Å². The van der Waals surface area contributed by atoms with Crippen molar-refractivity contribution < 1.29 is 0 Å². The molecule has 3 rings (SSSR count). The normalized spacial score (nSPS) is 26.0. The number of hydrogen-bond acceptors (Lipinski definition) is 2. The van der Waals surface area contributed by atoms with Gasteiger partial charge in [0.25, 0.3) is 0 Å². The molecule has 0 radical (unpaired) electrons. The van der Waals surface area contributed by atoms with Crippen molar-refractivity contribution >= 4 is 0 Å². The lowest BCUT2D eigenvalue weighted by Crippen LogP contribution is -2.22. The SMILES string of the molecule is N#CC1(C#N)C2=CC=CC=CC2CC1c1ccccc1. The summed E-state index contributed by atoms with van der Waals surface area (Å²) in [6.07, 6.45) is 10.7. The summed E-state index contributed by atoms with van der Waals surface area (Å²) >= 11 is 0. The van der Waals surface area contributed by atoms with Crippen molar-refractivity contribution in [3.8, 4) is 12.1 Å². The topological polar surface area (TPSA) is 47.6 Å². The van der Waals surface area contributed by atoms with Crippen LogP contribution in [0.5, 0.6) is 0 Å². The van der Waals surface area contributed by atoms with E-state index >= 15 is 0 Å². The van der Waals surface area contributed by atoms with Crippen molar-refractivity contribution in [2.75, 3.05) is 0 Å². The van der Waals surface area contributed by atoms with Gasteiger partial charge in [-0.05, 0) is 17.6 Å². The van der Waals surface area contributed by atoms with Gasteiger partial charge in [-0.15, -0.1) is 0 Å². The van der Waals surface area contributed by atoms with Gasteiger partial charge in [-0.25, -0.2) is 0 Å². The summed E-state index contributed by atoms with van der Waals surface area (Å²) in [6.45, 7) is 0. The molecule has 0 heterocycles. The molecule has 2 unspecified atom stereocenters. The molecule has 1 fully saturated rings. The van der Waals surface area contributed by atoms with Gasteiger partial charge in [0.15, 0.2) is 5.41 Å². The largest absolute Gasteiger partial charge is 0.196 e. The first-order chi connectivity index (χ1) is 9.81. The van der Waals surface area contributed by atoms with Gasteiger partial charge in [-0.3, -0.25) is 0 Å². The molecule has 0 N–H and O–H groups in total. The quantitative estimate of drug-likeness (QED) is 0.767. The summed E-state index contributed by atoms with van der Waals surface area (Å²) in [5.74, 6) is 0.112. The molecule has 0 aromatic heterocycles. The van der Waals surface area contributed by atoms with E-state index in [0.717, 1.165) is 17.6 Å². The standard InChI is InChI=1S/C18H14N2/c19-12-18(13-20)16-10-6-2-5-9-15(16)11-17(18)14-7-3-1-4-8-14/h1-10,15,17H,11H2. The summed E-state index contributed by atoms with van der Waals surface area (Å²) in [5.41, 5.74) is 0.953. The first-order valence-electron chi connectivity index (χ1n) is 6.75. The van der Waals surface area contributed by atoms with E-state index in [1.807, 2.05) is 54.6 Å². The molecular weight excluding hydrogens is 244 g/mol. The second-order valence-corrected chi connectivity index (χ2v) is 5.23. The van der Waals surface area contributed by atoms with Crippen LogP contribution in [0.2, 0.25) is 0 Å². The van der Waals surface area contributed by atoms with Crippen molar-refractivity contribution in [2.45, 2.75) is 12.3 Å². The van der Waals surface area contributed by atoms with E-state index in [9.17, 15) is 10.5 Å². The summed E-state index contributed by atoms with van der Waals surface area (Å²) in [7, 11) is 0. The molecule has 0 spiro atoms. The molecular formula is C18H14N2. The maximum atomic E-state index is 9.72. The fraction of sp³-hybridized carbons (Fsp3) is 0.222. The van der Waals surface area contributed by atoms with Crippen LogP contribution in [0.3, 0.4) is 0 Å². The highest BCUT2D eigenvalue weighted by molar-refractivity contribution is 5.50. The lowest BCUT2D eigenvalue weighted by Gasteiger charge is -2.23. The van der Waals surface area contributed by atoms with Gasteiger partial charge in [0, 0.05) is 11.8 Å². The first-order valence-corrected chi connectivity index (χ1v) is 6.75. The minimum atomic E-state index is -1.05. The second-order valence-electron chi connectivity index (χ2n) is 5.23. The number of allylic oxidation sites excluding steroid dienone is 6. The van der Waals surface area contributed by atoms with Crippen LogP contribution >= 0.6 is 0 Å². The summed E-state index contributed by atoms with van der Waals surface area (Å²) < 4.78 is 0. The predicted molar refractivity (Wildman–Crippen MR) is 77.3 cm³/mol. The molecule has 2 atom stereocenters. The molecule has 0 amide bonds. The van der Waals surface area contributed by atoms with Crippen LogP contribution in [0, 0.1) is 34.0 Å². The molecule has 0 saturated heterocycles. The molecule has 0 aliphatic heterocycles. The zero-order valence-corrected chi connectivity index (χ0v) is 11.0. The lowest BCUT2D eigenvalue weighted by molar-refractivity contribution is 0.531. The van der Waals surface area contributed by atoms with Crippen molar-refractivity contribution in [1.29, 1.82) is 10.5 Å². The third kappa shape index (κ3) is 1.70. The van der Waals surface area contributed by atoms with Gasteiger partial charge in [0.2, 0.25) is 0 Å². The van der Waals surface area contributed by atoms with Gasteiger partial charge in [-0.1, -0.05) is 60.7 Å². The number of nitriles is 2. The van der Waals surface area contributed by atoms with E-state index in [1.54, 1.807) is 0 Å². The number of fused-ring (bicyclic) bond motifs is 1. The van der Waals surface area contributed by atoms with Crippen LogP contribution in [0.4, 0.5) is 0 Å². The van der Waals surface area contributed by atoms with E-state index in [0.29, 0.717) is 0 Å². The van der Waals surface area contributed by atoms with Gasteiger partial charge in [0.1, 0.15) is 0 Å². The smallest absolute Gasteiger partial charge is 0.172 e. The Hall–Kier alpha value is -2.58. The van der Waals surface area contributed by atoms with Gasteiger partial charge in [-0.2, -0.15) is 10.5 Å². The summed E-state index contributed by atoms with van der Waals surface area (Å²) in [6, 6.07) is 14.5. The fourth-order valence-corrected chi connectivity index (χ4v) is 3.29. The van der Waals surface area contributed by atoms with Crippen LogP contribution in [0.15, 0.2) is 66.3 Å². The molecule has 1 aromatic rings. The van der Waals surface area contributed by atoms with Gasteiger partial charge < -0.3 is 0 Å². The van der Waals surface area contributed by atoms with Crippen molar-refractivity contribution in [2.24, 2.45) is 11.3 Å². The summed E-state index contributed by atoms with van der Waals surface area (Å²) in [5, 5.41) is 19.4. The highest BCUT2D eigenvalue weighted by Crippen LogP contribution is 2.55. The van der Waals surface area contributed by atoms with E-state index in [1.165, 1.54) is 0 Å². The highest BCUT2D eigenvalue weighted by atomic mass is 14.5. The van der Waals surface area contributed by atoms with Crippen LogP contribution in [-0.2, 0) is 0 Å². The lowest BCUT2D eigenvalue weighted by atomic mass is 9.74. The Labute approximate surface area is 119 Å². The van der Waals surface area contributed by atoms with Gasteiger partial charge >= 0.3 is 0 Å². The molecule has 1 saturated carbocycles. The maximum Gasteiger partial charge on any atom is 0.172 e. The van der Waals surface area contributed by atoms with Gasteiger partial charge in [0.05, 0.1) is 12.1 Å². The Bertz CT molecular complexity index is 666. The number of benzene rings is 1. The minimum Gasteiger partial charge on any atom is -0.196 e. The first kappa shape index (κ1) is 12.5. The van der Waals surface area contributed by atoms with Crippen molar-refractivity contribution in [3.05, 3.63) is 71.8 Å². The Morgan fingerprint density at radius 1 is 1.00 bits per heavy atom. The van der Waals surface area contributed by atoms with Crippen molar-refractivity contribution in [3.63, 3.8) is 0 Å². The molecule has 0 bridgehead atoms. The zero-order chi connectivity index (χ0) is 14.0. The van der Waals surface area contributed by atoms with E-state index < -0.39 is 5.41 Å². The molecule has 1 aromatic carbocycles. The van der Waals surface area contributed by atoms with E-state index in [-0.39, 0.29) is 11.8 Å². The molecule has 2 nitrogen and oxygen atoms in total. The zero-order valence-electron chi connectivity index (χ0n) is 11.0. The Kier molecular flexibility index (Phi) is 3.01. The Morgan fingerprint density at radius 3 is 2.45 bits per heavy atom. The minimum absolute atomic E-state index is 0.0638. The van der Waals surface area contributed by atoms with Crippen LogP contribution < -0.4 is 0 Å². The monoisotopic (exact) mass is 258 g/mol. The fourth-order valence-electron chi connectivity index (χ4n) is 3.29. The van der Waals surface area contributed by atoms with Crippen molar-refractivity contribution in [1.82, 2.24) is 0 Å². The molecule has 96 valence electrons. The van der Waals surface area contributed by atoms with E-state index in [2.05, 4.69) is 18.2 Å². The average Bonchev–Trinajstić information content (AvgIpc) is 2.64. The summed E-state index contributed by atoms with van der Waals surface area (Å²) in [4.78, 5) is 0. The molecule has 2 aliphatic rings. The van der Waals surface area contributed by atoms with Crippen LogP contribution in [0.1, 0.15) is 17.9 Å². The maximum absolute atomic E-state index is 9.72. The Morgan fingerprint density at radius 2 is 1.75 bits per heavy atom. The molecule has 20 heavy (non-hydrogen) atoms. The number of nitrogens with zero attached hydrogens (tertiary/aromatic N) is 2. The third-order valence-corrected chi connectivity index (χ3v) is 4.26. The predicted octanol–water partition coefficient (Wildman–Crippen LogP) is 3.88. The third-order valence-electron chi connectivity index (χ3n) is 4.26. The molecule has 2 heteroatoms. The second kappa shape index (κ2) is 4.83. The number of hydrogen-bond donors (Lipinski definition) is 0. The average molecular weight is 258 g/mol. The van der Waals surface area contributed by atoms with Crippen LogP contribution in [0.25, 0.3) is 0 Å². The number of rotatable bonds is 1. The Balaban J connectivity index is 2.16. The highest BCUT2D eigenvalue weighted by Gasteiger charge is 2.52. The van der Waals surface area contributed by atoms with Crippen LogP contribution in [-0.4, -0.2) is 0 Å². The molecule has 2 aliphatic carbocycles.